The number of hydrogen-bond donors (Lipinski definition) is 0. The highest BCUT2D eigenvalue weighted by molar-refractivity contribution is 5.98. The molecule has 0 amide bonds. The fourth-order valence-electron chi connectivity index (χ4n) is 3.68. The minimum atomic E-state index is -0.550. The fraction of sp³-hybridized carbons (Fsp3) is 0.292. The lowest BCUT2D eigenvalue weighted by Gasteiger charge is -2.09. The van der Waals surface area contributed by atoms with E-state index in [1.54, 1.807) is 30.3 Å². The van der Waals surface area contributed by atoms with E-state index in [4.69, 9.17) is 18.6 Å². The van der Waals surface area contributed by atoms with Crippen LogP contribution in [0.4, 0.5) is 0 Å². The molecule has 0 saturated heterocycles. The molecular formula is C24H22O7. The topological polar surface area (TPSA) is 92.0 Å². The van der Waals surface area contributed by atoms with Gasteiger partial charge < -0.3 is 18.6 Å². The van der Waals surface area contributed by atoms with Gasteiger partial charge in [-0.25, -0.2) is 4.79 Å². The minimum absolute atomic E-state index is 0.0292. The van der Waals surface area contributed by atoms with Crippen molar-refractivity contribution in [3.8, 4) is 11.5 Å². The predicted molar refractivity (Wildman–Crippen MR) is 113 cm³/mol. The van der Waals surface area contributed by atoms with E-state index in [1.165, 1.54) is 7.11 Å². The Labute approximate surface area is 178 Å². The molecule has 0 unspecified atom stereocenters. The number of benzene rings is 2. The van der Waals surface area contributed by atoms with Crippen LogP contribution in [0.1, 0.15) is 33.5 Å². The van der Waals surface area contributed by atoms with Crippen molar-refractivity contribution >= 4 is 22.7 Å². The van der Waals surface area contributed by atoms with Crippen LogP contribution < -0.4 is 15.1 Å². The molecule has 0 atom stereocenters. The Morgan fingerprint density at radius 3 is 2.77 bits per heavy atom. The van der Waals surface area contributed by atoms with E-state index < -0.39 is 11.6 Å². The van der Waals surface area contributed by atoms with Gasteiger partial charge in [0.25, 0.3) is 0 Å². The molecule has 1 aromatic heterocycles. The highest BCUT2D eigenvalue weighted by Gasteiger charge is 2.17. The average Bonchev–Trinajstić information content (AvgIpc) is 3.24. The minimum Gasteiger partial charge on any atom is -0.497 e. The normalized spacial score (nSPS) is 12.3. The van der Waals surface area contributed by atoms with E-state index in [1.807, 2.05) is 13.0 Å². The summed E-state index contributed by atoms with van der Waals surface area (Å²) in [4.78, 5) is 36.9. The van der Waals surface area contributed by atoms with Gasteiger partial charge in [0.2, 0.25) is 0 Å². The number of rotatable bonds is 7. The Balaban J connectivity index is 1.38. The molecule has 31 heavy (non-hydrogen) atoms. The van der Waals surface area contributed by atoms with Gasteiger partial charge in [-0.1, -0.05) is 0 Å². The zero-order valence-corrected chi connectivity index (χ0v) is 17.4. The third kappa shape index (κ3) is 4.30. The van der Waals surface area contributed by atoms with E-state index in [0.29, 0.717) is 29.1 Å². The van der Waals surface area contributed by atoms with Crippen LogP contribution in [0.15, 0.2) is 45.6 Å². The Bertz CT molecular complexity index is 1220. The molecule has 0 radical (unpaired) electrons. The summed E-state index contributed by atoms with van der Waals surface area (Å²) in [6, 6.07) is 10.4. The molecule has 0 fully saturated rings. The second-order valence-corrected chi connectivity index (χ2v) is 7.36. The SMILES string of the molecule is COc1ccc2c(C)c(CCC(=O)OCC(=O)c3ccc4c(c3)CCO4)c(=O)oc2c1. The van der Waals surface area contributed by atoms with Crippen LogP contribution in [0.2, 0.25) is 0 Å². The fourth-order valence-corrected chi connectivity index (χ4v) is 3.68. The third-order valence-corrected chi connectivity index (χ3v) is 5.45. The highest BCUT2D eigenvalue weighted by Crippen LogP contribution is 2.26. The molecule has 1 aliphatic rings. The standard InChI is InChI=1S/C24H22O7/c1-14-18-5-4-17(28-2)12-22(18)31-24(27)19(14)6-8-23(26)30-13-20(25)15-3-7-21-16(11-15)9-10-29-21/h3-5,7,11-12H,6,8-10,13H2,1-2H3. The first-order valence-electron chi connectivity index (χ1n) is 10.0. The lowest BCUT2D eigenvalue weighted by molar-refractivity contribution is -0.142. The van der Waals surface area contributed by atoms with Crippen LogP contribution in [0, 0.1) is 6.92 Å². The van der Waals surface area contributed by atoms with Crippen LogP contribution in [-0.2, 0) is 22.4 Å². The second kappa shape index (κ2) is 8.63. The summed E-state index contributed by atoms with van der Waals surface area (Å²) >= 11 is 0. The molecule has 0 aliphatic carbocycles. The predicted octanol–water partition coefficient (Wildman–Crippen LogP) is 3.40. The summed E-state index contributed by atoms with van der Waals surface area (Å²) < 4.78 is 21.1. The molecule has 1 aliphatic heterocycles. The van der Waals surface area contributed by atoms with Crippen molar-refractivity contribution in [2.75, 3.05) is 20.3 Å². The molecule has 7 nitrogen and oxygen atoms in total. The summed E-state index contributed by atoms with van der Waals surface area (Å²) in [5.74, 6) is 0.549. The van der Waals surface area contributed by atoms with Crippen LogP contribution in [0.3, 0.4) is 0 Å². The summed E-state index contributed by atoms with van der Waals surface area (Å²) in [5.41, 5.74) is 2.56. The first-order chi connectivity index (χ1) is 15.0. The van der Waals surface area contributed by atoms with Gasteiger partial charge in [0, 0.05) is 35.4 Å². The number of aryl methyl sites for hydroxylation is 1. The van der Waals surface area contributed by atoms with Gasteiger partial charge in [-0.2, -0.15) is 0 Å². The van der Waals surface area contributed by atoms with Crippen molar-refractivity contribution in [3.63, 3.8) is 0 Å². The number of ether oxygens (including phenoxy) is 3. The van der Waals surface area contributed by atoms with Crippen molar-refractivity contribution in [1.82, 2.24) is 0 Å². The monoisotopic (exact) mass is 422 g/mol. The van der Waals surface area contributed by atoms with Gasteiger partial charge in [0.1, 0.15) is 17.1 Å². The number of ketones is 1. The van der Waals surface area contributed by atoms with Crippen LogP contribution >= 0.6 is 0 Å². The smallest absolute Gasteiger partial charge is 0.339 e. The zero-order valence-electron chi connectivity index (χ0n) is 17.4. The Kier molecular flexibility index (Phi) is 5.75. The van der Waals surface area contributed by atoms with Gasteiger partial charge in [-0.15, -0.1) is 0 Å². The van der Waals surface area contributed by atoms with Crippen molar-refractivity contribution in [2.24, 2.45) is 0 Å². The molecule has 0 spiro atoms. The van der Waals surface area contributed by atoms with Gasteiger partial charge in [0.05, 0.1) is 13.7 Å². The first kappa shape index (κ1) is 20.7. The molecule has 0 saturated carbocycles. The summed E-state index contributed by atoms with van der Waals surface area (Å²) in [7, 11) is 1.54. The van der Waals surface area contributed by atoms with Gasteiger partial charge in [-0.3, -0.25) is 9.59 Å². The van der Waals surface area contributed by atoms with Crippen LogP contribution in [0.5, 0.6) is 11.5 Å². The molecule has 0 bridgehead atoms. The van der Waals surface area contributed by atoms with Crippen LogP contribution in [0.25, 0.3) is 11.0 Å². The maximum atomic E-state index is 12.4. The first-order valence-corrected chi connectivity index (χ1v) is 10.0. The summed E-state index contributed by atoms with van der Waals surface area (Å²) in [6.07, 6.45) is 0.897. The zero-order chi connectivity index (χ0) is 22.0. The second-order valence-electron chi connectivity index (χ2n) is 7.36. The molecule has 4 rings (SSSR count). The lowest BCUT2D eigenvalue weighted by atomic mass is 10.0. The number of carbonyl (C=O) groups excluding carboxylic acids is 2. The Morgan fingerprint density at radius 2 is 1.97 bits per heavy atom. The number of esters is 1. The quantitative estimate of drug-likeness (QED) is 0.327. The third-order valence-electron chi connectivity index (χ3n) is 5.45. The van der Waals surface area contributed by atoms with Crippen molar-refractivity contribution in [2.45, 2.75) is 26.2 Å². The molecule has 3 aromatic rings. The lowest BCUT2D eigenvalue weighted by Crippen LogP contribution is -2.17. The van der Waals surface area contributed by atoms with E-state index in [9.17, 15) is 14.4 Å². The van der Waals surface area contributed by atoms with Crippen molar-refractivity contribution in [3.05, 3.63) is 69.1 Å². The van der Waals surface area contributed by atoms with Gasteiger partial charge in [0.15, 0.2) is 12.4 Å². The van der Waals surface area contributed by atoms with E-state index in [0.717, 1.165) is 28.7 Å². The summed E-state index contributed by atoms with van der Waals surface area (Å²) in [6.45, 7) is 2.08. The Morgan fingerprint density at radius 1 is 1.13 bits per heavy atom. The van der Waals surface area contributed by atoms with E-state index in [-0.39, 0.29) is 25.2 Å². The van der Waals surface area contributed by atoms with E-state index in [2.05, 4.69) is 0 Å². The molecule has 7 heteroatoms. The number of carbonyl (C=O) groups is 2. The number of hydrogen-bond acceptors (Lipinski definition) is 7. The number of methoxy groups -OCH3 is 1. The highest BCUT2D eigenvalue weighted by atomic mass is 16.5. The largest absolute Gasteiger partial charge is 0.497 e. The maximum Gasteiger partial charge on any atom is 0.339 e. The Hall–Kier alpha value is -3.61. The van der Waals surface area contributed by atoms with Crippen LogP contribution in [-0.4, -0.2) is 32.1 Å². The van der Waals surface area contributed by atoms with E-state index >= 15 is 0 Å². The average molecular weight is 422 g/mol. The number of fused-ring (bicyclic) bond motifs is 2. The molecule has 160 valence electrons. The van der Waals surface area contributed by atoms with Crippen molar-refractivity contribution in [1.29, 1.82) is 0 Å². The molecule has 0 N–H and O–H groups in total. The van der Waals surface area contributed by atoms with Gasteiger partial charge in [-0.05, 0) is 54.8 Å². The number of Topliss-reactive ketones (excluding diaryl/α,β-unsaturated/α-hetero) is 1. The van der Waals surface area contributed by atoms with Gasteiger partial charge >= 0.3 is 11.6 Å². The molecule has 2 heterocycles. The summed E-state index contributed by atoms with van der Waals surface area (Å²) in [5, 5.41) is 0.777. The molecular weight excluding hydrogens is 400 g/mol. The molecule has 2 aromatic carbocycles. The van der Waals surface area contributed by atoms with Crippen molar-refractivity contribution < 1.29 is 28.2 Å². The maximum absolute atomic E-state index is 12.4.